The molecule has 23 heavy (non-hydrogen) atoms. The van der Waals surface area contributed by atoms with Crippen LogP contribution in [-0.4, -0.2) is 31.1 Å². The zero-order chi connectivity index (χ0) is 16.0. The second kappa shape index (κ2) is 5.27. The average molecular weight is 332 g/mol. The Kier molecular flexibility index (Phi) is 3.22. The predicted octanol–water partition coefficient (Wildman–Crippen LogP) is 2.10. The van der Waals surface area contributed by atoms with Gasteiger partial charge in [-0.05, 0) is 24.1 Å². The van der Waals surface area contributed by atoms with Crippen molar-refractivity contribution >= 4 is 35.2 Å². The monoisotopic (exact) mass is 332 g/mol. The van der Waals surface area contributed by atoms with Crippen molar-refractivity contribution in [2.24, 2.45) is 5.73 Å². The van der Waals surface area contributed by atoms with Crippen molar-refractivity contribution in [2.45, 2.75) is 13.0 Å². The number of carbonyl (C=O) groups is 1. The first-order valence-corrected chi connectivity index (χ1v) is 7.71. The Bertz CT molecular complexity index is 904. The summed E-state index contributed by atoms with van der Waals surface area (Å²) in [7, 11) is 0. The smallest absolute Gasteiger partial charge is 0.323 e. The molecule has 1 amide bonds. The molecule has 0 saturated heterocycles. The van der Waals surface area contributed by atoms with Crippen LogP contribution in [0.3, 0.4) is 0 Å². The van der Waals surface area contributed by atoms with Crippen molar-refractivity contribution in [1.29, 1.82) is 0 Å². The highest BCUT2D eigenvalue weighted by Gasteiger charge is 2.24. The molecule has 4 rings (SSSR count). The molecular formula is C14H13FN6OS. The van der Waals surface area contributed by atoms with E-state index in [4.69, 9.17) is 5.73 Å². The van der Waals surface area contributed by atoms with Gasteiger partial charge in [0.15, 0.2) is 18.0 Å². The van der Waals surface area contributed by atoms with E-state index in [0.29, 0.717) is 12.2 Å². The fourth-order valence-corrected chi connectivity index (χ4v) is 3.35. The molecule has 3 aromatic heterocycles. The second-order valence-corrected chi connectivity index (χ2v) is 5.84. The lowest BCUT2D eigenvalue weighted by molar-refractivity contribution is 0.249. The van der Waals surface area contributed by atoms with Gasteiger partial charge >= 0.3 is 6.03 Å². The molecule has 3 aromatic rings. The van der Waals surface area contributed by atoms with Gasteiger partial charge in [0.1, 0.15) is 12.1 Å². The summed E-state index contributed by atoms with van der Waals surface area (Å²) in [5.41, 5.74) is 7.92. The van der Waals surface area contributed by atoms with Crippen LogP contribution in [0.5, 0.6) is 0 Å². The van der Waals surface area contributed by atoms with Crippen LogP contribution in [0.25, 0.3) is 11.0 Å². The fraction of sp³-hybridized carbons (Fsp3) is 0.214. The number of nitrogens with zero attached hydrogens (tertiary/aromatic N) is 5. The van der Waals surface area contributed by atoms with Gasteiger partial charge in [0.2, 0.25) is 0 Å². The maximum absolute atomic E-state index is 12.9. The third kappa shape index (κ3) is 2.15. The van der Waals surface area contributed by atoms with Gasteiger partial charge < -0.3 is 10.6 Å². The van der Waals surface area contributed by atoms with Crippen LogP contribution >= 0.6 is 12.3 Å². The predicted molar refractivity (Wildman–Crippen MR) is 85.8 cm³/mol. The van der Waals surface area contributed by atoms with E-state index in [-0.39, 0.29) is 12.3 Å². The number of carbonyl (C=O) groups excluding carboxylic acids is 1. The minimum Gasteiger partial charge on any atom is -0.351 e. The quantitative estimate of drug-likeness (QED) is 0.777. The highest BCUT2D eigenvalue weighted by atomic mass is 32.2. The summed E-state index contributed by atoms with van der Waals surface area (Å²) in [6, 6.07) is 3.21. The highest BCUT2D eigenvalue weighted by Crippen LogP contribution is 2.30. The Balaban J connectivity index is 1.76. The summed E-state index contributed by atoms with van der Waals surface area (Å²) in [6.45, 7) is 1.28. The summed E-state index contributed by atoms with van der Waals surface area (Å²) in [5, 5.41) is 0.776. The minimum absolute atomic E-state index is 0.0992. The van der Waals surface area contributed by atoms with Gasteiger partial charge in [-0.2, -0.15) is 0 Å². The minimum atomic E-state index is -0.499. The Labute approximate surface area is 135 Å². The molecule has 0 unspecified atom stereocenters. The number of amides is 1. The standard InChI is InChI=1S/C14H13FN6OS/c15-23-21-6-3-10-12(17-8-18-13(10)21)19-4-1-9-2-5-20(14(16)22)11(9)7-19/h2-3,5-6,8H,1,4,7H2,(H2,16,22). The SMILES string of the molecule is NC(=O)n1ccc2c1CN(c1ncnc3c1ccn3SF)CC2. The van der Waals surface area contributed by atoms with Crippen LogP contribution in [0, 0.1) is 0 Å². The molecule has 0 spiro atoms. The van der Waals surface area contributed by atoms with Crippen LogP contribution in [0.1, 0.15) is 11.3 Å². The number of hydrogen-bond donors (Lipinski definition) is 1. The van der Waals surface area contributed by atoms with Crippen molar-refractivity contribution in [3.63, 3.8) is 0 Å². The number of hydrogen-bond acceptors (Lipinski definition) is 5. The van der Waals surface area contributed by atoms with E-state index in [1.54, 1.807) is 18.5 Å². The van der Waals surface area contributed by atoms with Crippen LogP contribution in [0.2, 0.25) is 0 Å². The van der Waals surface area contributed by atoms with Gasteiger partial charge in [-0.25, -0.2) is 18.7 Å². The van der Waals surface area contributed by atoms with Gasteiger partial charge in [0.05, 0.1) is 11.9 Å². The number of primary amides is 1. The van der Waals surface area contributed by atoms with Crippen molar-refractivity contribution < 1.29 is 8.68 Å². The molecule has 0 fully saturated rings. The number of halogens is 1. The third-order valence-corrected chi connectivity index (χ3v) is 4.56. The Morgan fingerprint density at radius 2 is 2.17 bits per heavy atom. The summed E-state index contributed by atoms with van der Waals surface area (Å²) in [4.78, 5) is 22.1. The van der Waals surface area contributed by atoms with E-state index in [0.717, 1.165) is 35.4 Å². The highest BCUT2D eigenvalue weighted by molar-refractivity contribution is 7.92. The van der Waals surface area contributed by atoms with Crippen molar-refractivity contribution in [1.82, 2.24) is 18.5 Å². The zero-order valence-corrected chi connectivity index (χ0v) is 12.8. The lowest BCUT2D eigenvalue weighted by Gasteiger charge is -2.29. The van der Waals surface area contributed by atoms with E-state index >= 15 is 0 Å². The van der Waals surface area contributed by atoms with Gasteiger partial charge in [-0.3, -0.25) is 4.57 Å². The molecule has 0 radical (unpaired) electrons. The molecule has 0 saturated carbocycles. The van der Waals surface area contributed by atoms with E-state index < -0.39 is 6.03 Å². The molecule has 0 aliphatic carbocycles. The Hall–Kier alpha value is -2.55. The molecule has 1 aliphatic rings. The summed E-state index contributed by atoms with van der Waals surface area (Å²) in [6.07, 6.45) is 5.53. The van der Waals surface area contributed by atoms with E-state index in [1.165, 1.54) is 14.9 Å². The molecule has 7 nitrogen and oxygen atoms in total. The van der Waals surface area contributed by atoms with Crippen LogP contribution in [0.15, 0.2) is 30.9 Å². The topological polar surface area (TPSA) is 82.0 Å². The molecule has 0 bridgehead atoms. The summed E-state index contributed by atoms with van der Waals surface area (Å²) in [5.74, 6) is 0.727. The molecule has 2 N–H and O–H groups in total. The van der Waals surface area contributed by atoms with Crippen LogP contribution in [0.4, 0.5) is 14.5 Å². The third-order valence-electron chi connectivity index (χ3n) is 4.12. The fourth-order valence-electron chi connectivity index (χ4n) is 3.04. The first-order valence-electron chi connectivity index (χ1n) is 7.04. The maximum atomic E-state index is 12.9. The molecular weight excluding hydrogens is 319 g/mol. The van der Waals surface area contributed by atoms with Crippen LogP contribution < -0.4 is 10.6 Å². The maximum Gasteiger partial charge on any atom is 0.323 e. The molecule has 4 heterocycles. The van der Waals surface area contributed by atoms with Crippen molar-refractivity contribution in [3.05, 3.63) is 42.1 Å². The number of anilines is 1. The van der Waals surface area contributed by atoms with Crippen LogP contribution in [-0.2, 0) is 13.0 Å². The number of rotatable bonds is 2. The average Bonchev–Trinajstić information content (AvgIpc) is 3.17. The van der Waals surface area contributed by atoms with Crippen molar-refractivity contribution in [3.8, 4) is 0 Å². The van der Waals surface area contributed by atoms with Gasteiger partial charge in [0.25, 0.3) is 0 Å². The number of aromatic nitrogens is 4. The lowest BCUT2D eigenvalue weighted by atomic mass is 10.1. The van der Waals surface area contributed by atoms with Gasteiger partial charge in [0, 0.05) is 24.6 Å². The molecule has 9 heteroatoms. The number of fused-ring (bicyclic) bond motifs is 2. The van der Waals surface area contributed by atoms with E-state index in [9.17, 15) is 8.68 Å². The van der Waals surface area contributed by atoms with E-state index in [1.807, 2.05) is 6.07 Å². The van der Waals surface area contributed by atoms with Crippen molar-refractivity contribution in [2.75, 3.05) is 11.4 Å². The Morgan fingerprint density at radius 1 is 1.30 bits per heavy atom. The second-order valence-electron chi connectivity index (χ2n) is 5.31. The molecule has 1 aliphatic heterocycles. The summed E-state index contributed by atoms with van der Waals surface area (Å²) < 4.78 is 15.7. The van der Waals surface area contributed by atoms with Gasteiger partial charge in [-0.15, -0.1) is 3.89 Å². The zero-order valence-electron chi connectivity index (χ0n) is 12.0. The largest absolute Gasteiger partial charge is 0.351 e. The van der Waals surface area contributed by atoms with Gasteiger partial charge in [-0.1, -0.05) is 0 Å². The van der Waals surface area contributed by atoms with E-state index in [2.05, 4.69) is 14.9 Å². The molecule has 0 aromatic carbocycles. The molecule has 118 valence electrons. The normalized spacial score (nSPS) is 14.2. The lowest BCUT2D eigenvalue weighted by Crippen LogP contribution is -2.34. The number of nitrogens with two attached hydrogens (primary N) is 1. The first kappa shape index (κ1) is 14.1. The first-order chi connectivity index (χ1) is 11.2. The summed E-state index contributed by atoms with van der Waals surface area (Å²) >= 11 is 0.0992. The Morgan fingerprint density at radius 3 is 2.96 bits per heavy atom. The molecule has 0 atom stereocenters.